The van der Waals surface area contributed by atoms with Gasteiger partial charge in [0.15, 0.2) is 0 Å². The van der Waals surface area contributed by atoms with E-state index < -0.39 is 0 Å². The van der Waals surface area contributed by atoms with Crippen molar-refractivity contribution in [3.63, 3.8) is 0 Å². The summed E-state index contributed by atoms with van der Waals surface area (Å²) < 4.78 is 4.52. The van der Waals surface area contributed by atoms with Crippen molar-refractivity contribution in [3.05, 3.63) is 134 Å². The molecule has 0 spiro atoms. The largest absolute Gasteiger partial charge is 0.327 e. The molecule has 0 saturated heterocycles. The quantitative estimate of drug-likeness (QED) is 0.231. The van der Waals surface area contributed by atoms with E-state index >= 15 is 0 Å². The molecule has 0 unspecified atom stereocenters. The molecular formula is C36H25N5. The van der Waals surface area contributed by atoms with Crippen molar-refractivity contribution in [2.45, 2.75) is 0 Å². The standard InChI is InChI=1S/C36H25N5/c1-40-34-15-5-3-13-32(34)39-36(40)25-16-18-29-28-11-2-4-14-33(28)41(35(29)22-25)27-10-8-9-24(21-27)31-19-17-26(23-38-31)30-12-6-7-20-37-30/h2-23H,1H3. The molecule has 0 aliphatic carbocycles. The Morgan fingerprint density at radius 3 is 2.15 bits per heavy atom. The molecule has 0 aliphatic rings. The van der Waals surface area contributed by atoms with Gasteiger partial charge in [0.05, 0.1) is 33.5 Å². The van der Waals surface area contributed by atoms with Crippen LogP contribution < -0.4 is 0 Å². The summed E-state index contributed by atoms with van der Waals surface area (Å²) in [4.78, 5) is 14.2. The van der Waals surface area contributed by atoms with Crippen LogP contribution in [0.15, 0.2) is 134 Å². The Morgan fingerprint density at radius 2 is 1.32 bits per heavy atom. The lowest BCUT2D eigenvalue weighted by Crippen LogP contribution is -1.96. The highest BCUT2D eigenvalue weighted by Gasteiger charge is 2.16. The summed E-state index contributed by atoms with van der Waals surface area (Å²) in [6, 6.07) is 42.2. The Labute approximate surface area is 237 Å². The fourth-order valence-corrected chi connectivity index (χ4v) is 5.85. The van der Waals surface area contributed by atoms with Crippen LogP contribution >= 0.6 is 0 Å². The van der Waals surface area contributed by atoms with Crippen LogP contribution in [0.5, 0.6) is 0 Å². The van der Waals surface area contributed by atoms with Crippen molar-refractivity contribution in [1.82, 2.24) is 24.1 Å². The fourth-order valence-electron chi connectivity index (χ4n) is 5.85. The van der Waals surface area contributed by atoms with Gasteiger partial charge in [0.2, 0.25) is 0 Å². The number of benzene rings is 4. The molecule has 0 bridgehead atoms. The Kier molecular flexibility index (Phi) is 5.28. The molecule has 0 saturated carbocycles. The maximum Gasteiger partial charge on any atom is 0.140 e. The van der Waals surface area contributed by atoms with Crippen molar-refractivity contribution >= 4 is 32.8 Å². The predicted octanol–water partition coefficient (Wildman–Crippen LogP) is 8.46. The highest BCUT2D eigenvalue weighted by atomic mass is 15.1. The third-order valence-corrected chi connectivity index (χ3v) is 7.84. The minimum atomic E-state index is 0.919. The van der Waals surface area contributed by atoms with Gasteiger partial charge < -0.3 is 9.13 Å². The number of hydrogen-bond donors (Lipinski definition) is 0. The molecule has 4 heterocycles. The van der Waals surface area contributed by atoms with E-state index in [1.165, 1.54) is 16.3 Å². The molecule has 0 fully saturated rings. The van der Waals surface area contributed by atoms with Gasteiger partial charge in [0.25, 0.3) is 0 Å². The van der Waals surface area contributed by atoms with Gasteiger partial charge in [0, 0.05) is 52.6 Å². The van der Waals surface area contributed by atoms with E-state index in [1.807, 2.05) is 30.5 Å². The molecule has 5 heteroatoms. The van der Waals surface area contributed by atoms with Crippen LogP contribution in [0, 0.1) is 0 Å². The van der Waals surface area contributed by atoms with Crippen molar-refractivity contribution in [1.29, 1.82) is 0 Å². The average molecular weight is 528 g/mol. The zero-order valence-corrected chi connectivity index (χ0v) is 22.4. The Hall–Kier alpha value is -5.55. The summed E-state index contributed by atoms with van der Waals surface area (Å²) >= 11 is 0. The highest BCUT2D eigenvalue weighted by Crippen LogP contribution is 2.36. The van der Waals surface area contributed by atoms with E-state index in [0.717, 1.165) is 56.1 Å². The van der Waals surface area contributed by atoms with E-state index in [-0.39, 0.29) is 0 Å². The van der Waals surface area contributed by atoms with E-state index in [2.05, 4.69) is 118 Å². The summed E-state index contributed by atoms with van der Waals surface area (Å²) in [5.74, 6) is 0.954. The molecule has 4 aromatic carbocycles. The number of pyridine rings is 2. The molecule has 4 aromatic heterocycles. The first-order chi connectivity index (χ1) is 20.2. The minimum Gasteiger partial charge on any atom is -0.327 e. The fraction of sp³-hybridized carbons (Fsp3) is 0.0278. The van der Waals surface area contributed by atoms with Gasteiger partial charge in [-0.05, 0) is 60.7 Å². The van der Waals surface area contributed by atoms with Crippen LogP contribution in [0.2, 0.25) is 0 Å². The highest BCUT2D eigenvalue weighted by molar-refractivity contribution is 6.10. The zero-order chi connectivity index (χ0) is 27.3. The van der Waals surface area contributed by atoms with Crippen molar-refractivity contribution in [3.8, 4) is 39.6 Å². The second-order valence-corrected chi connectivity index (χ2v) is 10.3. The van der Waals surface area contributed by atoms with Crippen LogP contribution in [-0.4, -0.2) is 24.1 Å². The Balaban J connectivity index is 1.28. The summed E-state index contributed by atoms with van der Waals surface area (Å²) in [6.07, 6.45) is 3.70. The van der Waals surface area contributed by atoms with E-state index in [9.17, 15) is 0 Å². The van der Waals surface area contributed by atoms with Gasteiger partial charge >= 0.3 is 0 Å². The molecule has 0 radical (unpaired) electrons. The molecule has 0 amide bonds. The molecule has 0 aliphatic heterocycles. The smallest absolute Gasteiger partial charge is 0.140 e. The first-order valence-electron chi connectivity index (χ1n) is 13.7. The first kappa shape index (κ1) is 23.3. The topological polar surface area (TPSA) is 48.5 Å². The Morgan fingerprint density at radius 1 is 0.537 bits per heavy atom. The summed E-state index contributed by atoms with van der Waals surface area (Å²) in [5, 5.41) is 2.44. The second-order valence-electron chi connectivity index (χ2n) is 10.3. The van der Waals surface area contributed by atoms with Gasteiger partial charge in [-0.25, -0.2) is 4.98 Å². The molecular weight excluding hydrogens is 502 g/mol. The van der Waals surface area contributed by atoms with Crippen molar-refractivity contribution in [2.75, 3.05) is 0 Å². The number of para-hydroxylation sites is 3. The molecule has 8 aromatic rings. The molecule has 194 valence electrons. The van der Waals surface area contributed by atoms with E-state index in [0.29, 0.717) is 0 Å². The third kappa shape index (κ3) is 3.82. The second kappa shape index (κ2) is 9.28. The number of fused-ring (bicyclic) bond motifs is 4. The zero-order valence-electron chi connectivity index (χ0n) is 22.4. The molecule has 0 atom stereocenters. The van der Waals surface area contributed by atoms with E-state index in [1.54, 1.807) is 6.20 Å². The first-order valence-corrected chi connectivity index (χ1v) is 13.7. The lowest BCUT2D eigenvalue weighted by molar-refractivity contribution is 0.959. The van der Waals surface area contributed by atoms with Gasteiger partial charge in [-0.3, -0.25) is 9.97 Å². The summed E-state index contributed by atoms with van der Waals surface area (Å²) in [6.45, 7) is 0. The number of nitrogens with zero attached hydrogens (tertiary/aromatic N) is 5. The van der Waals surface area contributed by atoms with Crippen LogP contribution in [0.4, 0.5) is 0 Å². The molecule has 41 heavy (non-hydrogen) atoms. The number of hydrogen-bond acceptors (Lipinski definition) is 3. The third-order valence-electron chi connectivity index (χ3n) is 7.84. The molecule has 8 rings (SSSR count). The number of aryl methyl sites for hydroxylation is 1. The summed E-state index contributed by atoms with van der Waals surface area (Å²) in [7, 11) is 2.08. The number of aromatic nitrogens is 5. The SMILES string of the molecule is Cn1c(-c2ccc3c4ccccc4n(-c4cccc(-c5ccc(-c6ccccn6)cn5)c4)c3c2)nc2ccccc21. The van der Waals surface area contributed by atoms with Gasteiger partial charge in [-0.2, -0.15) is 0 Å². The number of imidazole rings is 1. The van der Waals surface area contributed by atoms with Crippen LogP contribution in [0.1, 0.15) is 0 Å². The Bertz CT molecular complexity index is 2210. The van der Waals surface area contributed by atoms with Crippen LogP contribution in [-0.2, 0) is 7.05 Å². The van der Waals surface area contributed by atoms with E-state index in [4.69, 9.17) is 9.97 Å². The lowest BCUT2D eigenvalue weighted by atomic mass is 10.1. The van der Waals surface area contributed by atoms with Gasteiger partial charge in [-0.1, -0.05) is 60.7 Å². The van der Waals surface area contributed by atoms with Gasteiger partial charge in [-0.15, -0.1) is 0 Å². The predicted molar refractivity (Wildman–Crippen MR) is 167 cm³/mol. The monoisotopic (exact) mass is 527 g/mol. The summed E-state index contributed by atoms with van der Waals surface area (Å²) in [5.41, 5.74) is 10.5. The maximum absolute atomic E-state index is 4.97. The van der Waals surface area contributed by atoms with Crippen molar-refractivity contribution < 1.29 is 0 Å². The average Bonchev–Trinajstić information content (AvgIpc) is 3.56. The van der Waals surface area contributed by atoms with Crippen molar-refractivity contribution in [2.24, 2.45) is 7.05 Å². The molecule has 0 N–H and O–H groups in total. The number of rotatable bonds is 4. The molecule has 5 nitrogen and oxygen atoms in total. The normalized spacial score (nSPS) is 11.5. The van der Waals surface area contributed by atoms with Gasteiger partial charge in [0.1, 0.15) is 5.82 Å². The minimum absolute atomic E-state index is 0.919. The maximum atomic E-state index is 4.97. The lowest BCUT2D eigenvalue weighted by Gasteiger charge is -2.11. The van der Waals surface area contributed by atoms with Crippen LogP contribution in [0.25, 0.3) is 72.4 Å². The van der Waals surface area contributed by atoms with Crippen LogP contribution in [0.3, 0.4) is 0 Å².